The van der Waals surface area contributed by atoms with Gasteiger partial charge in [-0.15, -0.1) is 0 Å². The van der Waals surface area contributed by atoms with Crippen molar-refractivity contribution in [3.05, 3.63) is 82.4 Å². The van der Waals surface area contributed by atoms with E-state index >= 15 is 4.39 Å². The Hall–Kier alpha value is -2.85. The molecule has 3 aromatic carbocycles. The van der Waals surface area contributed by atoms with E-state index in [2.05, 4.69) is 0 Å². The maximum atomic E-state index is 15.1. The molecule has 0 unspecified atom stereocenters. The summed E-state index contributed by atoms with van der Waals surface area (Å²) in [5, 5.41) is 10.1. The van der Waals surface area contributed by atoms with Crippen LogP contribution in [0.25, 0.3) is 10.8 Å². The number of nitrogens with zero attached hydrogens (tertiary/aromatic N) is 1. The minimum Gasteiger partial charge on any atom is -0.384 e. The summed E-state index contributed by atoms with van der Waals surface area (Å²) in [6, 6.07) is 15.4. The summed E-state index contributed by atoms with van der Waals surface area (Å²) in [7, 11) is 1.65. The van der Waals surface area contributed by atoms with E-state index in [0.717, 1.165) is 16.5 Å². The van der Waals surface area contributed by atoms with Crippen molar-refractivity contribution >= 4 is 10.8 Å². The monoisotopic (exact) mass is 423 g/mol. The van der Waals surface area contributed by atoms with Crippen molar-refractivity contribution in [1.29, 1.82) is 5.26 Å². The maximum Gasteiger partial charge on any atom is 0.183 e. The fourth-order valence-corrected chi connectivity index (χ4v) is 3.85. The first-order chi connectivity index (χ1) is 15.1. The standard InChI is InChI=1S/C25H23F2NO3/c1-29-13-17-14-30-25(31-15-17)20-8-9-22-19(11-20)7-6-18(24(22)27)4-2-16-3-5-21(12-28)23(26)10-16/h3,5-11,17,25H,2,4,13-15H2,1H3. The van der Waals surface area contributed by atoms with Gasteiger partial charge in [0.1, 0.15) is 17.7 Å². The Morgan fingerprint density at radius 3 is 2.55 bits per heavy atom. The Morgan fingerprint density at radius 1 is 1.03 bits per heavy atom. The molecule has 6 heteroatoms. The van der Waals surface area contributed by atoms with E-state index in [9.17, 15) is 4.39 Å². The van der Waals surface area contributed by atoms with Crippen LogP contribution in [0.15, 0.2) is 48.5 Å². The zero-order valence-corrected chi connectivity index (χ0v) is 17.2. The number of rotatable bonds is 6. The minimum atomic E-state index is -0.549. The number of methoxy groups -OCH3 is 1. The fourth-order valence-electron chi connectivity index (χ4n) is 3.85. The number of hydrogen-bond donors (Lipinski definition) is 0. The Labute approximate surface area is 180 Å². The highest BCUT2D eigenvalue weighted by molar-refractivity contribution is 5.84. The molecule has 0 spiro atoms. The molecule has 0 N–H and O–H groups in total. The second-order valence-electron chi connectivity index (χ2n) is 7.77. The summed E-state index contributed by atoms with van der Waals surface area (Å²) in [6.07, 6.45) is 0.451. The van der Waals surface area contributed by atoms with E-state index in [0.29, 0.717) is 43.6 Å². The van der Waals surface area contributed by atoms with Crippen LogP contribution in [0, 0.1) is 28.9 Å². The number of nitriles is 1. The van der Waals surface area contributed by atoms with Gasteiger partial charge >= 0.3 is 0 Å². The van der Waals surface area contributed by atoms with E-state index in [1.807, 2.05) is 18.2 Å². The van der Waals surface area contributed by atoms with Crippen LogP contribution in [0.5, 0.6) is 0 Å². The maximum absolute atomic E-state index is 15.1. The van der Waals surface area contributed by atoms with Crippen molar-refractivity contribution in [1.82, 2.24) is 0 Å². The van der Waals surface area contributed by atoms with E-state index < -0.39 is 12.1 Å². The first-order valence-corrected chi connectivity index (χ1v) is 10.2. The average Bonchev–Trinajstić information content (AvgIpc) is 2.79. The second-order valence-corrected chi connectivity index (χ2v) is 7.77. The lowest BCUT2D eigenvalue weighted by Gasteiger charge is -2.29. The molecule has 0 saturated carbocycles. The molecule has 1 fully saturated rings. The van der Waals surface area contributed by atoms with Gasteiger partial charge in [0.25, 0.3) is 0 Å². The topological polar surface area (TPSA) is 51.5 Å². The average molecular weight is 423 g/mol. The van der Waals surface area contributed by atoms with Gasteiger partial charge < -0.3 is 14.2 Å². The number of halogens is 2. The zero-order chi connectivity index (χ0) is 21.8. The predicted octanol–water partition coefficient (Wildman–Crippen LogP) is 5.08. The molecule has 4 nitrogen and oxygen atoms in total. The normalized spacial score (nSPS) is 18.8. The van der Waals surface area contributed by atoms with Gasteiger partial charge in [-0.2, -0.15) is 5.26 Å². The molecule has 0 amide bonds. The number of fused-ring (bicyclic) bond motifs is 1. The molecule has 1 heterocycles. The summed E-state index contributed by atoms with van der Waals surface area (Å²) >= 11 is 0. The molecule has 0 aliphatic carbocycles. The lowest BCUT2D eigenvalue weighted by molar-refractivity contribution is -0.210. The van der Waals surface area contributed by atoms with Gasteiger partial charge in [0.15, 0.2) is 6.29 Å². The molecule has 3 aromatic rings. The molecule has 0 atom stereocenters. The van der Waals surface area contributed by atoms with Crippen LogP contribution in [-0.4, -0.2) is 26.9 Å². The van der Waals surface area contributed by atoms with E-state index in [-0.39, 0.29) is 17.3 Å². The summed E-state index contributed by atoms with van der Waals surface area (Å²) in [5.41, 5.74) is 2.16. The van der Waals surface area contributed by atoms with Crippen molar-refractivity contribution in [2.75, 3.05) is 26.9 Å². The van der Waals surface area contributed by atoms with Crippen LogP contribution in [0.4, 0.5) is 8.78 Å². The van der Waals surface area contributed by atoms with Crippen molar-refractivity contribution in [3.8, 4) is 6.07 Å². The van der Waals surface area contributed by atoms with Gasteiger partial charge in [-0.3, -0.25) is 0 Å². The molecule has 31 heavy (non-hydrogen) atoms. The predicted molar refractivity (Wildman–Crippen MR) is 112 cm³/mol. The lowest BCUT2D eigenvalue weighted by atomic mass is 9.98. The summed E-state index contributed by atoms with van der Waals surface area (Å²) in [6.45, 7) is 1.70. The number of benzene rings is 3. The molecule has 1 aliphatic heterocycles. The quantitative estimate of drug-likeness (QED) is 0.555. The Bertz CT molecular complexity index is 1120. The highest BCUT2D eigenvalue weighted by atomic mass is 19.1. The molecular weight excluding hydrogens is 400 g/mol. The van der Waals surface area contributed by atoms with Crippen LogP contribution in [-0.2, 0) is 27.1 Å². The van der Waals surface area contributed by atoms with Gasteiger partial charge in [-0.05, 0) is 47.6 Å². The second kappa shape index (κ2) is 9.52. The number of hydrogen-bond acceptors (Lipinski definition) is 4. The Balaban J connectivity index is 1.47. The third kappa shape index (κ3) is 4.75. The van der Waals surface area contributed by atoms with Crippen LogP contribution >= 0.6 is 0 Å². The van der Waals surface area contributed by atoms with Crippen molar-refractivity contribution in [3.63, 3.8) is 0 Å². The number of ether oxygens (including phenoxy) is 3. The van der Waals surface area contributed by atoms with Crippen LogP contribution in [0.3, 0.4) is 0 Å². The summed E-state index contributed by atoms with van der Waals surface area (Å²) < 4.78 is 45.6. The Morgan fingerprint density at radius 2 is 1.84 bits per heavy atom. The number of aryl methyl sites for hydroxylation is 2. The molecule has 0 aromatic heterocycles. The van der Waals surface area contributed by atoms with E-state index in [1.54, 1.807) is 31.4 Å². The largest absolute Gasteiger partial charge is 0.384 e. The van der Waals surface area contributed by atoms with Gasteiger partial charge in [-0.1, -0.05) is 30.3 Å². The molecule has 1 aliphatic rings. The first-order valence-electron chi connectivity index (χ1n) is 10.2. The Kier molecular flexibility index (Phi) is 6.57. The molecular formula is C25H23F2NO3. The highest BCUT2D eigenvalue weighted by Gasteiger charge is 2.24. The van der Waals surface area contributed by atoms with Gasteiger partial charge in [0.2, 0.25) is 0 Å². The van der Waals surface area contributed by atoms with Crippen LogP contribution in [0.1, 0.15) is 28.5 Å². The van der Waals surface area contributed by atoms with Gasteiger partial charge in [0.05, 0.1) is 25.4 Å². The summed E-state index contributed by atoms with van der Waals surface area (Å²) in [4.78, 5) is 0. The van der Waals surface area contributed by atoms with Crippen molar-refractivity contribution in [2.24, 2.45) is 5.92 Å². The zero-order valence-electron chi connectivity index (χ0n) is 17.2. The molecule has 1 saturated heterocycles. The minimum absolute atomic E-state index is 0.0107. The molecule has 0 bridgehead atoms. The molecule has 4 rings (SSSR count). The molecule has 160 valence electrons. The highest BCUT2D eigenvalue weighted by Crippen LogP contribution is 2.30. The van der Waals surface area contributed by atoms with Crippen LogP contribution < -0.4 is 0 Å². The van der Waals surface area contributed by atoms with E-state index in [1.165, 1.54) is 12.1 Å². The van der Waals surface area contributed by atoms with Crippen molar-refractivity contribution < 1.29 is 23.0 Å². The first kappa shape index (κ1) is 21.4. The third-order valence-electron chi connectivity index (χ3n) is 5.54. The van der Waals surface area contributed by atoms with Crippen molar-refractivity contribution in [2.45, 2.75) is 19.1 Å². The lowest BCUT2D eigenvalue weighted by Crippen LogP contribution is -2.29. The smallest absolute Gasteiger partial charge is 0.183 e. The van der Waals surface area contributed by atoms with E-state index in [4.69, 9.17) is 19.5 Å². The molecule has 0 radical (unpaired) electrons. The fraction of sp³-hybridized carbons (Fsp3) is 0.320. The summed E-state index contributed by atoms with van der Waals surface area (Å²) in [5.74, 6) is -0.609. The van der Waals surface area contributed by atoms with Gasteiger partial charge in [0, 0.05) is 24.0 Å². The third-order valence-corrected chi connectivity index (χ3v) is 5.54. The van der Waals surface area contributed by atoms with Gasteiger partial charge in [-0.25, -0.2) is 8.78 Å². The SMILES string of the molecule is COCC1COC(c2ccc3c(F)c(CCc4ccc(C#N)c(F)c4)ccc3c2)OC1. The van der Waals surface area contributed by atoms with Crippen LogP contribution in [0.2, 0.25) is 0 Å².